The maximum Gasteiger partial charge on any atom is 0.191 e. The highest BCUT2D eigenvalue weighted by molar-refractivity contribution is 7.11. The third-order valence-corrected chi connectivity index (χ3v) is 6.10. The number of hydrogen-bond acceptors (Lipinski definition) is 4. The van der Waals surface area contributed by atoms with E-state index in [4.69, 9.17) is 4.99 Å². The minimum Gasteiger partial charge on any atom is -0.374 e. The van der Waals surface area contributed by atoms with Crippen LogP contribution in [0.5, 0.6) is 0 Å². The first kappa shape index (κ1) is 19.7. The molecule has 0 amide bonds. The van der Waals surface area contributed by atoms with E-state index in [9.17, 15) is 0 Å². The van der Waals surface area contributed by atoms with Crippen LogP contribution in [0.2, 0.25) is 0 Å². The van der Waals surface area contributed by atoms with E-state index in [0.717, 1.165) is 37.7 Å². The van der Waals surface area contributed by atoms with Crippen molar-refractivity contribution in [1.82, 2.24) is 15.6 Å². The van der Waals surface area contributed by atoms with E-state index in [1.165, 1.54) is 39.5 Å². The van der Waals surface area contributed by atoms with Crippen molar-refractivity contribution in [3.63, 3.8) is 0 Å². The van der Waals surface area contributed by atoms with Gasteiger partial charge < -0.3 is 15.5 Å². The maximum absolute atomic E-state index is 4.77. The molecule has 0 saturated heterocycles. The Kier molecular flexibility index (Phi) is 6.72. The van der Waals surface area contributed by atoms with E-state index < -0.39 is 0 Å². The Morgan fingerprint density at radius 1 is 1.30 bits per heavy atom. The van der Waals surface area contributed by atoms with Gasteiger partial charge in [-0.25, -0.2) is 9.98 Å². The zero-order chi connectivity index (χ0) is 19.2. The average molecular weight is 386 g/mol. The lowest BCUT2D eigenvalue weighted by Gasteiger charge is -2.27. The number of aliphatic imine (C=N–C) groups is 1. The maximum atomic E-state index is 4.77. The number of aromatic nitrogens is 1. The third-order valence-electron chi connectivity index (χ3n) is 4.96. The number of anilines is 1. The Morgan fingerprint density at radius 3 is 2.89 bits per heavy atom. The van der Waals surface area contributed by atoms with Crippen molar-refractivity contribution in [1.29, 1.82) is 0 Å². The predicted molar refractivity (Wildman–Crippen MR) is 116 cm³/mol. The number of benzene rings is 1. The average Bonchev–Trinajstić information content (AvgIpc) is 2.97. The van der Waals surface area contributed by atoms with E-state index in [-0.39, 0.29) is 0 Å². The second-order valence-corrected chi connectivity index (χ2v) is 8.40. The summed E-state index contributed by atoms with van der Waals surface area (Å²) in [6.07, 6.45) is 3.33. The molecule has 146 valence electrons. The normalized spacial score (nSPS) is 14.2. The van der Waals surface area contributed by atoms with Gasteiger partial charge in [0.25, 0.3) is 0 Å². The smallest absolute Gasteiger partial charge is 0.191 e. The number of thiazole rings is 1. The predicted octanol–water partition coefficient (Wildman–Crippen LogP) is 3.44. The molecule has 0 radical (unpaired) electrons. The Hall–Kier alpha value is -2.08. The molecule has 1 aromatic heterocycles. The highest BCUT2D eigenvalue weighted by atomic mass is 32.1. The summed E-state index contributed by atoms with van der Waals surface area (Å²) in [6.45, 7) is 9.85. The van der Waals surface area contributed by atoms with Gasteiger partial charge in [-0.15, -0.1) is 11.3 Å². The van der Waals surface area contributed by atoms with Crippen LogP contribution < -0.4 is 15.5 Å². The first-order valence-electron chi connectivity index (χ1n) is 9.85. The Morgan fingerprint density at radius 2 is 2.15 bits per heavy atom. The molecule has 1 aliphatic heterocycles. The van der Waals surface area contributed by atoms with Crippen molar-refractivity contribution in [2.75, 3.05) is 31.6 Å². The van der Waals surface area contributed by atoms with Crippen molar-refractivity contribution >= 4 is 23.0 Å². The van der Waals surface area contributed by atoms with Crippen LogP contribution in [0, 0.1) is 13.8 Å². The van der Waals surface area contributed by atoms with Crippen LogP contribution in [0.4, 0.5) is 5.69 Å². The molecule has 0 spiro atoms. The Bertz CT molecular complexity index is 776. The van der Waals surface area contributed by atoms with Crippen LogP contribution in [0.25, 0.3) is 0 Å². The molecule has 0 unspecified atom stereocenters. The molecule has 5 nitrogen and oxygen atoms in total. The molecule has 0 aliphatic carbocycles. The summed E-state index contributed by atoms with van der Waals surface area (Å²) in [4.78, 5) is 13.0. The van der Waals surface area contributed by atoms with Crippen molar-refractivity contribution in [2.45, 2.75) is 46.6 Å². The number of fused-ring (bicyclic) bond motifs is 1. The van der Waals surface area contributed by atoms with Crippen LogP contribution in [0.3, 0.4) is 0 Å². The lowest BCUT2D eigenvalue weighted by Crippen LogP contribution is -2.38. The number of nitrogens with one attached hydrogen (secondary N) is 2. The number of aryl methyl sites for hydroxylation is 3. The van der Waals surface area contributed by atoms with Gasteiger partial charge in [0.05, 0.1) is 17.2 Å². The van der Waals surface area contributed by atoms with Gasteiger partial charge in [-0.2, -0.15) is 0 Å². The van der Waals surface area contributed by atoms with Gasteiger partial charge in [-0.05, 0) is 50.8 Å². The van der Waals surface area contributed by atoms with Crippen LogP contribution in [0.15, 0.2) is 23.2 Å². The van der Waals surface area contributed by atoms with Crippen LogP contribution in [-0.4, -0.2) is 37.6 Å². The van der Waals surface area contributed by atoms with Crippen LogP contribution >= 0.6 is 11.3 Å². The number of hydrogen-bond donors (Lipinski definition) is 2. The van der Waals surface area contributed by atoms with Gasteiger partial charge in [0, 0.05) is 43.7 Å². The molecule has 2 heterocycles. The lowest BCUT2D eigenvalue weighted by molar-refractivity contribution is 0.742. The summed E-state index contributed by atoms with van der Waals surface area (Å²) in [7, 11) is 2.18. The van der Waals surface area contributed by atoms with Crippen LogP contribution in [-0.2, 0) is 19.4 Å². The second-order valence-electron chi connectivity index (χ2n) is 7.11. The van der Waals surface area contributed by atoms with Crippen molar-refractivity contribution in [2.24, 2.45) is 4.99 Å². The zero-order valence-electron chi connectivity index (χ0n) is 16.9. The monoisotopic (exact) mass is 385 g/mol. The SMILES string of the molecule is CCNC(=NCc1ccc2c(c1)CCCN2C)NCCc1nc(C)c(C)s1. The highest BCUT2D eigenvalue weighted by Gasteiger charge is 2.13. The first-order chi connectivity index (χ1) is 13.1. The van der Waals surface area contributed by atoms with E-state index in [1.807, 2.05) is 0 Å². The summed E-state index contributed by atoms with van der Waals surface area (Å²) in [5.41, 5.74) is 5.23. The highest BCUT2D eigenvalue weighted by Crippen LogP contribution is 2.27. The summed E-state index contributed by atoms with van der Waals surface area (Å²) >= 11 is 1.79. The van der Waals surface area contributed by atoms with Crippen molar-refractivity contribution in [3.05, 3.63) is 44.9 Å². The largest absolute Gasteiger partial charge is 0.374 e. The van der Waals surface area contributed by atoms with E-state index >= 15 is 0 Å². The lowest BCUT2D eigenvalue weighted by atomic mass is 10.00. The second kappa shape index (κ2) is 9.22. The molecule has 0 fully saturated rings. The number of nitrogens with zero attached hydrogens (tertiary/aromatic N) is 3. The molecule has 1 aliphatic rings. The van der Waals surface area contributed by atoms with Gasteiger partial charge in [-0.1, -0.05) is 12.1 Å². The summed E-state index contributed by atoms with van der Waals surface area (Å²) in [5.74, 6) is 0.873. The first-order valence-corrected chi connectivity index (χ1v) is 10.7. The fourth-order valence-electron chi connectivity index (χ4n) is 3.38. The topological polar surface area (TPSA) is 52.6 Å². The van der Waals surface area contributed by atoms with Gasteiger partial charge in [0.1, 0.15) is 0 Å². The van der Waals surface area contributed by atoms with Gasteiger partial charge >= 0.3 is 0 Å². The standard InChI is InChI=1S/C21H31N5S/c1-5-22-21(23-11-10-20-25-15(2)16(3)27-20)24-14-17-8-9-19-18(13-17)7-6-12-26(19)4/h8-9,13H,5-7,10-12,14H2,1-4H3,(H2,22,23,24). The molecule has 3 rings (SSSR count). The summed E-state index contributed by atoms with van der Waals surface area (Å²) < 4.78 is 0. The molecular weight excluding hydrogens is 354 g/mol. The Labute approximate surface area is 166 Å². The quantitative estimate of drug-likeness (QED) is 0.591. The van der Waals surface area contributed by atoms with E-state index in [1.54, 1.807) is 11.3 Å². The molecule has 6 heteroatoms. The van der Waals surface area contributed by atoms with Gasteiger partial charge in [-0.3, -0.25) is 0 Å². The molecule has 2 aromatic rings. The Balaban J connectivity index is 1.58. The fourth-order valence-corrected chi connectivity index (χ4v) is 4.32. The molecule has 0 atom stereocenters. The molecule has 27 heavy (non-hydrogen) atoms. The minimum atomic E-state index is 0.696. The zero-order valence-corrected chi connectivity index (χ0v) is 17.7. The molecule has 2 N–H and O–H groups in total. The van der Waals surface area contributed by atoms with Gasteiger partial charge in [0.15, 0.2) is 5.96 Å². The van der Waals surface area contributed by atoms with Gasteiger partial charge in [0.2, 0.25) is 0 Å². The summed E-state index contributed by atoms with van der Waals surface area (Å²) in [5, 5.41) is 7.96. The van der Waals surface area contributed by atoms with Crippen LogP contribution in [0.1, 0.15) is 40.1 Å². The molecular formula is C21H31N5S. The fraction of sp³-hybridized carbons (Fsp3) is 0.524. The number of rotatable bonds is 6. The summed E-state index contributed by atoms with van der Waals surface area (Å²) in [6, 6.07) is 6.76. The third kappa shape index (κ3) is 5.22. The molecule has 1 aromatic carbocycles. The molecule has 0 bridgehead atoms. The van der Waals surface area contributed by atoms with E-state index in [0.29, 0.717) is 6.54 Å². The minimum absolute atomic E-state index is 0.696. The molecule has 0 saturated carbocycles. The van der Waals surface area contributed by atoms with E-state index in [2.05, 4.69) is 66.5 Å². The number of guanidine groups is 1. The van der Waals surface area contributed by atoms with Crippen molar-refractivity contribution < 1.29 is 0 Å². The van der Waals surface area contributed by atoms with Crippen molar-refractivity contribution in [3.8, 4) is 0 Å².